The van der Waals surface area contributed by atoms with Crippen molar-refractivity contribution >= 4 is 17.4 Å². The van der Waals surface area contributed by atoms with Gasteiger partial charge in [0.25, 0.3) is 0 Å². The average molecular weight is 228 g/mol. The fourth-order valence-electron chi connectivity index (χ4n) is 1.62. The van der Waals surface area contributed by atoms with Gasteiger partial charge in [-0.05, 0) is 31.0 Å². The summed E-state index contributed by atoms with van der Waals surface area (Å²) in [6, 6.07) is 4.04. The lowest BCUT2D eigenvalue weighted by Gasteiger charge is -2.10. The highest BCUT2D eigenvalue weighted by atomic mass is 35.5. The zero-order chi connectivity index (χ0) is 11.1. The monoisotopic (exact) mass is 227 g/mol. The lowest BCUT2D eigenvalue weighted by Crippen LogP contribution is -2.25. The van der Waals surface area contributed by atoms with Gasteiger partial charge in [-0.15, -0.1) is 0 Å². The Hall–Kier alpha value is -0.930. The number of ketones is 1. The van der Waals surface area contributed by atoms with Gasteiger partial charge < -0.3 is 5.73 Å². The van der Waals surface area contributed by atoms with Crippen molar-refractivity contribution in [3.8, 4) is 0 Å². The van der Waals surface area contributed by atoms with Gasteiger partial charge in [0, 0.05) is 17.5 Å². The number of carbonyl (C=O) groups is 1. The number of rotatable bonds is 3. The maximum absolute atomic E-state index is 12.9. The minimum Gasteiger partial charge on any atom is -0.329 e. The third-order valence-electron chi connectivity index (χ3n) is 2.91. The maximum atomic E-state index is 12.9. The quantitative estimate of drug-likeness (QED) is 0.806. The topological polar surface area (TPSA) is 43.1 Å². The van der Waals surface area contributed by atoms with Crippen LogP contribution in [-0.2, 0) is 0 Å². The molecule has 1 fully saturated rings. The highest BCUT2D eigenvalue weighted by molar-refractivity contribution is 6.31. The van der Waals surface area contributed by atoms with Crippen LogP contribution < -0.4 is 5.73 Å². The van der Waals surface area contributed by atoms with E-state index in [0.29, 0.717) is 12.1 Å². The van der Waals surface area contributed by atoms with Crippen molar-refractivity contribution in [2.24, 2.45) is 11.1 Å². The van der Waals surface area contributed by atoms with E-state index in [2.05, 4.69) is 0 Å². The molecule has 0 spiro atoms. The zero-order valence-electron chi connectivity index (χ0n) is 8.09. The Labute approximate surface area is 92.2 Å². The molecule has 2 N–H and O–H groups in total. The number of Topliss-reactive ketones (excluding diaryl/α,β-unsaturated/α-hetero) is 1. The molecule has 1 aliphatic rings. The number of halogens is 2. The Kier molecular flexibility index (Phi) is 2.52. The average Bonchev–Trinajstić information content (AvgIpc) is 3.02. The van der Waals surface area contributed by atoms with Crippen LogP contribution in [0.1, 0.15) is 23.2 Å². The Morgan fingerprint density at radius 3 is 2.67 bits per heavy atom. The van der Waals surface area contributed by atoms with Gasteiger partial charge in [0.1, 0.15) is 5.82 Å². The largest absolute Gasteiger partial charge is 0.329 e. The standard InChI is InChI=1S/C11H11ClFNO/c12-8-5-7(1-2-9(8)13)10(15)11(6-14)3-4-11/h1-2,5H,3-4,6,14H2. The summed E-state index contributed by atoms with van der Waals surface area (Å²) in [4.78, 5) is 12.0. The number of benzene rings is 1. The first-order chi connectivity index (χ1) is 7.09. The smallest absolute Gasteiger partial charge is 0.170 e. The second kappa shape index (κ2) is 3.58. The summed E-state index contributed by atoms with van der Waals surface area (Å²) in [5, 5.41) is -0.0197. The van der Waals surface area contributed by atoms with Crippen molar-refractivity contribution in [1.29, 1.82) is 0 Å². The molecule has 0 radical (unpaired) electrons. The molecule has 1 aromatic rings. The van der Waals surface area contributed by atoms with E-state index in [1.165, 1.54) is 18.2 Å². The lowest BCUT2D eigenvalue weighted by molar-refractivity contribution is 0.0905. The fraction of sp³-hybridized carbons (Fsp3) is 0.364. The molecule has 0 amide bonds. The third-order valence-corrected chi connectivity index (χ3v) is 3.20. The van der Waals surface area contributed by atoms with Gasteiger partial charge in [0.05, 0.1) is 5.02 Å². The summed E-state index contributed by atoms with van der Waals surface area (Å²) in [5.41, 5.74) is 5.59. The molecule has 4 heteroatoms. The van der Waals surface area contributed by atoms with E-state index in [9.17, 15) is 9.18 Å². The first-order valence-corrected chi connectivity index (χ1v) is 5.17. The van der Waals surface area contributed by atoms with Crippen LogP contribution in [0.4, 0.5) is 4.39 Å². The molecule has 15 heavy (non-hydrogen) atoms. The van der Waals surface area contributed by atoms with Crippen LogP contribution in [-0.4, -0.2) is 12.3 Å². The molecule has 1 aromatic carbocycles. The van der Waals surface area contributed by atoms with Gasteiger partial charge in [0.2, 0.25) is 0 Å². The number of hydrogen-bond donors (Lipinski definition) is 1. The number of hydrogen-bond acceptors (Lipinski definition) is 2. The molecule has 0 heterocycles. The number of nitrogens with two attached hydrogens (primary N) is 1. The molecule has 0 aliphatic heterocycles. The van der Waals surface area contributed by atoms with Crippen LogP contribution in [0, 0.1) is 11.2 Å². The minimum atomic E-state index is -0.509. The van der Waals surface area contributed by atoms with Crippen molar-refractivity contribution in [3.05, 3.63) is 34.6 Å². The molecule has 2 nitrogen and oxygen atoms in total. The van der Waals surface area contributed by atoms with E-state index >= 15 is 0 Å². The van der Waals surface area contributed by atoms with Crippen molar-refractivity contribution in [2.75, 3.05) is 6.54 Å². The summed E-state index contributed by atoms with van der Waals surface area (Å²) in [6.07, 6.45) is 1.63. The molecule has 0 aromatic heterocycles. The van der Waals surface area contributed by atoms with Gasteiger partial charge in [-0.2, -0.15) is 0 Å². The summed E-state index contributed by atoms with van der Waals surface area (Å²) in [6.45, 7) is 0.348. The highest BCUT2D eigenvalue weighted by Gasteiger charge is 2.48. The predicted octanol–water partition coefficient (Wildman–Crippen LogP) is 2.40. The molecule has 1 aliphatic carbocycles. The summed E-state index contributed by atoms with van der Waals surface area (Å²) >= 11 is 5.61. The SMILES string of the molecule is NCC1(C(=O)c2ccc(F)c(Cl)c2)CC1. The van der Waals surface area contributed by atoms with Crippen molar-refractivity contribution in [1.82, 2.24) is 0 Å². The molecule has 2 rings (SSSR count). The predicted molar refractivity (Wildman–Crippen MR) is 56.5 cm³/mol. The maximum Gasteiger partial charge on any atom is 0.170 e. The van der Waals surface area contributed by atoms with Gasteiger partial charge in [0.15, 0.2) is 5.78 Å². The van der Waals surface area contributed by atoms with Crippen molar-refractivity contribution < 1.29 is 9.18 Å². The lowest BCUT2D eigenvalue weighted by atomic mass is 9.95. The second-order valence-electron chi connectivity index (χ2n) is 3.94. The molecular weight excluding hydrogens is 217 g/mol. The van der Waals surface area contributed by atoms with E-state index in [4.69, 9.17) is 17.3 Å². The minimum absolute atomic E-state index is 0.0197. The van der Waals surface area contributed by atoms with Crippen molar-refractivity contribution in [3.63, 3.8) is 0 Å². The van der Waals surface area contributed by atoms with Gasteiger partial charge in [-0.1, -0.05) is 11.6 Å². The first kappa shape index (κ1) is 10.6. The van der Waals surface area contributed by atoms with Crippen LogP contribution in [0.3, 0.4) is 0 Å². The van der Waals surface area contributed by atoms with Crippen LogP contribution in [0.25, 0.3) is 0 Å². The molecular formula is C11H11ClFNO. The van der Waals surface area contributed by atoms with Crippen LogP contribution in [0.2, 0.25) is 5.02 Å². The van der Waals surface area contributed by atoms with E-state index in [0.717, 1.165) is 12.8 Å². The summed E-state index contributed by atoms with van der Waals surface area (Å²) in [5.74, 6) is -0.530. The third kappa shape index (κ3) is 1.77. The summed E-state index contributed by atoms with van der Waals surface area (Å²) in [7, 11) is 0. The Morgan fingerprint density at radius 1 is 1.53 bits per heavy atom. The second-order valence-corrected chi connectivity index (χ2v) is 4.35. The summed E-state index contributed by atoms with van der Waals surface area (Å²) < 4.78 is 12.9. The zero-order valence-corrected chi connectivity index (χ0v) is 8.85. The molecule has 1 saturated carbocycles. The van der Waals surface area contributed by atoms with Gasteiger partial charge >= 0.3 is 0 Å². The van der Waals surface area contributed by atoms with Crippen LogP contribution in [0.5, 0.6) is 0 Å². The van der Waals surface area contributed by atoms with E-state index < -0.39 is 11.2 Å². The Morgan fingerprint density at radius 2 is 2.20 bits per heavy atom. The van der Waals surface area contributed by atoms with E-state index in [1.807, 2.05) is 0 Å². The molecule has 0 unspecified atom stereocenters. The van der Waals surface area contributed by atoms with E-state index in [1.54, 1.807) is 0 Å². The fourth-order valence-corrected chi connectivity index (χ4v) is 1.80. The Balaban J connectivity index is 2.30. The van der Waals surface area contributed by atoms with Crippen molar-refractivity contribution in [2.45, 2.75) is 12.8 Å². The highest BCUT2D eigenvalue weighted by Crippen LogP contribution is 2.47. The Bertz CT molecular complexity index is 415. The van der Waals surface area contributed by atoms with Gasteiger partial charge in [-0.25, -0.2) is 4.39 Å². The van der Waals surface area contributed by atoms with Crippen LogP contribution >= 0.6 is 11.6 Å². The molecule has 0 atom stereocenters. The van der Waals surface area contributed by atoms with Gasteiger partial charge in [-0.3, -0.25) is 4.79 Å². The number of carbonyl (C=O) groups excluding carboxylic acids is 1. The first-order valence-electron chi connectivity index (χ1n) is 4.79. The molecule has 0 saturated heterocycles. The normalized spacial score (nSPS) is 17.5. The van der Waals surface area contributed by atoms with Crippen LogP contribution in [0.15, 0.2) is 18.2 Å². The molecule has 0 bridgehead atoms. The van der Waals surface area contributed by atoms with E-state index in [-0.39, 0.29) is 10.8 Å². The molecule has 80 valence electrons.